The number of halogens is 4. The fourth-order valence-corrected chi connectivity index (χ4v) is 2.68. The van der Waals surface area contributed by atoms with Crippen molar-refractivity contribution in [1.29, 1.82) is 0 Å². The maximum atomic E-state index is 12.8. The lowest BCUT2D eigenvalue weighted by Crippen LogP contribution is -2.24. The lowest BCUT2D eigenvalue weighted by Gasteiger charge is -2.09. The van der Waals surface area contributed by atoms with Gasteiger partial charge in [0.15, 0.2) is 5.65 Å². The highest BCUT2D eigenvalue weighted by Gasteiger charge is 2.33. The Morgan fingerprint density at radius 2 is 2.04 bits per heavy atom. The third-order valence-corrected chi connectivity index (χ3v) is 4.08. The van der Waals surface area contributed by atoms with Crippen LogP contribution in [0.4, 0.5) is 13.2 Å². The number of nitrogens with one attached hydrogen (secondary N) is 1. The van der Waals surface area contributed by atoms with Gasteiger partial charge >= 0.3 is 6.18 Å². The second kappa shape index (κ2) is 7.79. The van der Waals surface area contributed by atoms with E-state index >= 15 is 0 Å². The van der Waals surface area contributed by atoms with Gasteiger partial charge in [0.05, 0.1) is 10.6 Å². The van der Waals surface area contributed by atoms with Crippen molar-refractivity contribution in [1.82, 2.24) is 19.9 Å². The Morgan fingerprint density at radius 1 is 1.22 bits per heavy atom. The first-order valence-electron chi connectivity index (χ1n) is 7.96. The molecule has 0 fully saturated rings. The summed E-state index contributed by atoms with van der Waals surface area (Å²) in [5.74, 6) is 0.273. The van der Waals surface area contributed by atoms with Crippen molar-refractivity contribution in [2.24, 2.45) is 0 Å². The molecule has 0 aliphatic heterocycles. The zero-order valence-electron chi connectivity index (χ0n) is 13.9. The van der Waals surface area contributed by atoms with Crippen LogP contribution in [0.1, 0.15) is 17.0 Å². The molecule has 2 heterocycles. The van der Waals surface area contributed by atoms with Crippen LogP contribution in [0.3, 0.4) is 0 Å². The number of carbonyl (C=O) groups excluding carboxylic acids is 1. The first kappa shape index (κ1) is 18.9. The van der Waals surface area contributed by atoms with Crippen LogP contribution >= 0.6 is 11.6 Å². The average Bonchev–Trinajstić information content (AvgIpc) is 3.03. The topological polar surface area (TPSA) is 59.3 Å². The standard InChI is InChI=1S/C18H14ClF3N4O/c19-14-6-4-12(11-13(14)18(20,21)22)5-7-17(27)23-9-8-16-25-24-15-3-1-2-10-26(15)16/h1-7,10-11H,8-9H2,(H,23,27)/b7-5+. The lowest BCUT2D eigenvalue weighted by molar-refractivity contribution is -0.137. The van der Waals surface area contributed by atoms with Crippen molar-refractivity contribution in [3.8, 4) is 0 Å². The van der Waals surface area contributed by atoms with E-state index in [1.807, 2.05) is 28.8 Å². The van der Waals surface area contributed by atoms with Crippen LogP contribution in [-0.4, -0.2) is 27.0 Å². The first-order chi connectivity index (χ1) is 12.8. The smallest absolute Gasteiger partial charge is 0.352 e. The number of carbonyl (C=O) groups is 1. The predicted molar refractivity (Wildman–Crippen MR) is 95.2 cm³/mol. The van der Waals surface area contributed by atoms with Crippen LogP contribution < -0.4 is 5.32 Å². The Kier molecular flexibility index (Phi) is 5.46. The summed E-state index contributed by atoms with van der Waals surface area (Å²) in [6.45, 7) is 0.313. The number of benzene rings is 1. The highest BCUT2D eigenvalue weighted by molar-refractivity contribution is 6.31. The van der Waals surface area contributed by atoms with E-state index in [9.17, 15) is 18.0 Å². The van der Waals surface area contributed by atoms with E-state index < -0.39 is 17.6 Å². The highest BCUT2D eigenvalue weighted by Crippen LogP contribution is 2.35. The van der Waals surface area contributed by atoms with Gasteiger partial charge in [-0.25, -0.2) is 0 Å². The van der Waals surface area contributed by atoms with Crippen LogP contribution in [0.5, 0.6) is 0 Å². The van der Waals surface area contributed by atoms with Gasteiger partial charge in [-0.05, 0) is 35.9 Å². The molecule has 9 heteroatoms. The molecular formula is C18H14ClF3N4O. The molecule has 0 radical (unpaired) electrons. The molecule has 1 amide bonds. The zero-order valence-corrected chi connectivity index (χ0v) is 14.6. The Labute approximate surface area is 157 Å². The number of fused-ring (bicyclic) bond motifs is 1. The van der Waals surface area contributed by atoms with Crippen molar-refractivity contribution in [3.05, 3.63) is 70.6 Å². The number of aromatic nitrogens is 3. The van der Waals surface area contributed by atoms with Gasteiger partial charge in [-0.3, -0.25) is 9.20 Å². The average molecular weight is 395 g/mol. The van der Waals surface area contributed by atoms with Gasteiger partial charge in [-0.1, -0.05) is 23.7 Å². The Morgan fingerprint density at radius 3 is 2.81 bits per heavy atom. The summed E-state index contributed by atoms with van der Waals surface area (Å²) in [6, 6.07) is 8.97. The van der Waals surface area contributed by atoms with Crippen LogP contribution in [-0.2, 0) is 17.4 Å². The normalized spacial score (nSPS) is 12.0. The molecule has 1 N–H and O–H groups in total. The van der Waals surface area contributed by atoms with E-state index in [1.165, 1.54) is 18.2 Å². The summed E-state index contributed by atoms with van der Waals surface area (Å²) in [6.07, 6.45) is 0.206. The predicted octanol–water partition coefficient (Wildman–Crippen LogP) is 3.77. The molecule has 0 spiro atoms. The third kappa shape index (κ3) is 4.65. The molecule has 27 heavy (non-hydrogen) atoms. The van der Waals surface area contributed by atoms with Crippen molar-refractivity contribution < 1.29 is 18.0 Å². The summed E-state index contributed by atoms with van der Waals surface area (Å²) in [7, 11) is 0. The van der Waals surface area contributed by atoms with Gasteiger partial charge in [0.25, 0.3) is 0 Å². The van der Waals surface area contributed by atoms with Gasteiger partial charge in [-0.15, -0.1) is 10.2 Å². The summed E-state index contributed by atoms with van der Waals surface area (Å²) < 4.78 is 40.3. The van der Waals surface area contributed by atoms with Gasteiger partial charge in [0, 0.05) is 25.2 Å². The number of pyridine rings is 1. The first-order valence-corrected chi connectivity index (χ1v) is 8.34. The van der Waals surface area contributed by atoms with E-state index in [1.54, 1.807) is 0 Å². The molecular weight excluding hydrogens is 381 g/mol. The molecule has 0 aliphatic carbocycles. The molecule has 0 atom stereocenters. The van der Waals surface area contributed by atoms with Crippen molar-refractivity contribution in [2.75, 3.05) is 6.54 Å². The van der Waals surface area contributed by atoms with Crippen LogP contribution in [0.25, 0.3) is 11.7 Å². The van der Waals surface area contributed by atoms with E-state index in [0.717, 1.165) is 12.1 Å². The van der Waals surface area contributed by atoms with Gasteiger partial charge in [0.1, 0.15) is 5.82 Å². The second-order valence-corrected chi connectivity index (χ2v) is 6.06. The van der Waals surface area contributed by atoms with Crippen molar-refractivity contribution in [3.63, 3.8) is 0 Å². The highest BCUT2D eigenvalue weighted by atomic mass is 35.5. The number of hydrogen-bond donors (Lipinski definition) is 1. The number of rotatable bonds is 5. The zero-order chi connectivity index (χ0) is 19.4. The number of nitrogens with zero attached hydrogens (tertiary/aromatic N) is 3. The minimum atomic E-state index is -4.55. The number of alkyl halides is 3. The van der Waals surface area contributed by atoms with Crippen molar-refractivity contribution >= 4 is 29.2 Å². The van der Waals surface area contributed by atoms with Gasteiger partial charge in [-0.2, -0.15) is 13.2 Å². The molecule has 2 aromatic heterocycles. The quantitative estimate of drug-likeness (QED) is 0.670. The van der Waals surface area contributed by atoms with Crippen LogP contribution in [0.2, 0.25) is 5.02 Å². The Bertz CT molecular complexity index is 998. The SMILES string of the molecule is O=C(/C=C/c1ccc(Cl)c(C(F)(F)F)c1)NCCc1nnc2ccccn12. The number of amides is 1. The van der Waals surface area contributed by atoms with Gasteiger partial charge < -0.3 is 5.32 Å². The molecule has 0 saturated heterocycles. The minimum Gasteiger partial charge on any atom is -0.352 e. The largest absolute Gasteiger partial charge is 0.417 e. The van der Waals surface area contributed by atoms with E-state index in [-0.39, 0.29) is 10.6 Å². The third-order valence-electron chi connectivity index (χ3n) is 3.76. The minimum absolute atomic E-state index is 0.227. The lowest BCUT2D eigenvalue weighted by atomic mass is 10.1. The molecule has 140 valence electrons. The van der Waals surface area contributed by atoms with Gasteiger partial charge in [0.2, 0.25) is 5.91 Å². The summed E-state index contributed by atoms with van der Waals surface area (Å²) in [5.41, 5.74) is -0.00216. The van der Waals surface area contributed by atoms with E-state index in [2.05, 4.69) is 15.5 Å². The van der Waals surface area contributed by atoms with E-state index in [4.69, 9.17) is 11.6 Å². The summed E-state index contributed by atoms with van der Waals surface area (Å²) >= 11 is 5.57. The molecule has 1 aromatic carbocycles. The summed E-state index contributed by atoms with van der Waals surface area (Å²) in [5, 5.41) is 10.3. The molecule has 0 unspecified atom stereocenters. The van der Waals surface area contributed by atoms with Crippen molar-refractivity contribution in [2.45, 2.75) is 12.6 Å². The molecule has 3 aromatic rings. The monoisotopic (exact) mass is 394 g/mol. The molecule has 3 rings (SSSR count). The summed E-state index contributed by atoms with van der Waals surface area (Å²) in [4.78, 5) is 11.9. The molecule has 0 aliphatic rings. The molecule has 0 saturated carbocycles. The fraction of sp³-hybridized carbons (Fsp3) is 0.167. The molecule has 0 bridgehead atoms. The maximum Gasteiger partial charge on any atom is 0.417 e. The van der Waals surface area contributed by atoms with Crippen LogP contribution in [0, 0.1) is 0 Å². The molecule has 5 nitrogen and oxygen atoms in total. The Hall–Kier alpha value is -2.87. The maximum absolute atomic E-state index is 12.8. The second-order valence-electron chi connectivity index (χ2n) is 5.66. The number of hydrogen-bond acceptors (Lipinski definition) is 3. The van der Waals surface area contributed by atoms with Crippen LogP contribution in [0.15, 0.2) is 48.7 Å². The Balaban J connectivity index is 1.58. The fourth-order valence-electron chi connectivity index (χ4n) is 2.45. The van der Waals surface area contributed by atoms with E-state index in [0.29, 0.717) is 24.4 Å².